The van der Waals surface area contributed by atoms with E-state index in [-0.39, 0.29) is 0 Å². The Kier molecular flexibility index (Phi) is 2.80. The van der Waals surface area contributed by atoms with Crippen LogP contribution in [0.5, 0.6) is 0 Å². The summed E-state index contributed by atoms with van der Waals surface area (Å²) in [6.45, 7) is 0.553. The standard InChI is InChI=1S/C12H13ClN2/c1-15-8-10(6-12(15)7-14)9-3-2-4-11(13)5-9/h2-6,8H,7,14H2,1H3. The fourth-order valence-corrected chi connectivity index (χ4v) is 1.83. The molecular formula is C12H13ClN2. The van der Waals surface area contributed by atoms with Crippen LogP contribution >= 0.6 is 11.6 Å². The average Bonchev–Trinajstić information content (AvgIpc) is 2.60. The van der Waals surface area contributed by atoms with Gasteiger partial charge in [-0.3, -0.25) is 0 Å². The molecule has 3 heteroatoms. The van der Waals surface area contributed by atoms with Gasteiger partial charge in [0, 0.05) is 30.5 Å². The number of aromatic nitrogens is 1. The summed E-state index contributed by atoms with van der Waals surface area (Å²) < 4.78 is 2.04. The number of aryl methyl sites for hydroxylation is 1. The van der Waals surface area contributed by atoms with Gasteiger partial charge in [0.15, 0.2) is 0 Å². The zero-order valence-electron chi connectivity index (χ0n) is 8.57. The van der Waals surface area contributed by atoms with Crippen molar-refractivity contribution in [3.8, 4) is 11.1 Å². The lowest BCUT2D eigenvalue weighted by molar-refractivity contribution is 0.824. The molecule has 1 aromatic heterocycles. The zero-order chi connectivity index (χ0) is 10.8. The lowest BCUT2D eigenvalue weighted by atomic mass is 10.1. The summed E-state index contributed by atoms with van der Waals surface area (Å²) in [7, 11) is 2.00. The molecule has 2 nitrogen and oxygen atoms in total. The molecule has 0 saturated carbocycles. The van der Waals surface area contributed by atoms with Gasteiger partial charge in [-0.1, -0.05) is 23.7 Å². The molecule has 2 aromatic rings. The van der Waals surface area contributed by atoms with E-state index >= 15 is 0 Å². The molecular weight excluding hydrogens is 208 g/mol. The second-order valence-corrected chi connectivity index (χ2v) is 3.98. The molecule has 0 saturated heterocycles. The fraction of sp³-hybridized carbons (Fsp3) is 0.167. The summed E-state index contributed by atoms with van der Waals surface area (Å²) >= 11 is 5.94. The van der Waals surface area contributed by atoms with Crippen molar-refractivity contribution < 1.29 is 0 Å². The number of rotatable bonds is 2. The molecule has 78 valence electrons. The predicted molar refractivity (Wildman–Crippen MR) is 63.8 cm³/mol. The van der Waals surface area contributed by atoms with Crippen molar-refractivity contribution in [3.63, 3.8) is 0 Å². The Morgan fingerprint density at radius 2 is 2.07 bits per heavy atom. The van der Waals surface area contributed by atoms with Crippen molar-refractivity contribution in [1.82, 2.24) is 4.57 Å². The van der Waals surface area contributed by atoms with Crippen LogP contribution in [0.3, 0.4) is 0 Å². The van der Waals surface area contributed by atoms with Gasteiger partial charge in [-0.25, -0.2) is 0 Å². The van der Waals surface area contributed by atoms with Crippen molar-refractivity contribution in [2.24, 2.45) is 12.8 Å². The van der Waals surface area contributed by atoms with E-state index in [9.17, 15) is 0 Å². The Morgan fingerprint density at radius 1 is 1.27 bits per heavy atom. The molecule has 0 bridgehead atoms. The van der Waals surface area contributed by atoms with Crippen LogP contribution in [0.2, 0.25) is 5.02 Å². The monoisotopic (exact) mass is 220 g/mol. The number of benzene rings is 1. The van der Waals surface area contributed by atoms with Crippen LogP contribution in [0, 0.1) is 0 Å². The van der Waals surface area contributed by atoms with E-state index in [1.807, 2.05) is 35.9 Å². The topological polar surface area (TPSA) is 30.9 Å². The van der Waals surface area contributed by atoms with Crippen molar-refractivity contribution >= 4 is 11.6 Å². The minimum Gasteiger partial charge on any atom is -0.353 e. The Labute approximate surface area is 94.3 Å². The van der Waals surface area contributed by atoms with E-state index in [2.05, 4.69) is 12.3 Å². The first-order chi connectivity index (χ1) is 7.20. The molecule has 0 amide bonds. The van der Waals surface area contributed by atoms with Crippen molar-refractivity contribution in [2.75, 3.05) is 0 Å². The van der Waals surface area contributed by atoms with Gasteiger partial charge in [0.05, 0.1) is 0 Å². The zero-order valence-corrected chi connectivity index (χ0v) is 9.33. The highest BCUT2D eigenvalue weighted by Crippen LogP contribution is 2.24. The Bertz CT molecular complexity index is 474. The summed E-state index contributed by atoms with van der Waals surface area (Å²) in [5.41, 5.74) is 9.02. The molecule has 0 fully saturated rings. The first kappa shape index (κ1) is 10.3. The minimum atomic E-state index is 0.553. The highest BCUT2D eigenvalue weighted by atomic mass is 35.5. The number of hydrogen-bond donors (Lipinski definition) is 1. The van der Waals surface area contributed by atoms with Gasteiger partial charge >= 0.3 is 0 Å². The first-order valence-corrected chi connectivity index (χ1v) is 5.20. The van der Waals surface area contributed by atoms with Crippen LogP contribution in [0.25, 0.3) is 11.1 Å². The Balaban J connectivity index is 2.45. The summed E-state index contributed by atoms with van der Waals surface area (Å²) in [6, 6.07) is 9.91. The quantitative estimate of drug-likeness (QED) is 0.829. The maximum atomic E-state index is 5.94. The fourth-order valence-electron chi connectivity index (χ4n) is 1.64. The second kappa shape index (κ2) is 4.09. The first-order valence-electron chi connectivity index (χ1n) is 4.82. The smallest absolute Gasteiger partial charge is 0.0412 e. The van der Waals surface area contributed by atoms with Gasteiger partial charge in [-0.2, -0.15) is 0 Å². The van der Waals surface area contributed by atoms with E-state index in [4.69, 9.17) is 17.3 Å². The van der Waals surface area contributed by atoms with Crippen LogP contribution < -0.4 is 5.73 Å². The second-order valence-electron chi connectivity index (χ2n) is 3.55. The summed E-state index contributed by atoms with van der Waals surface area (Å²) in [5, 5.41) is 0.755. The SMILES string of the molecule is Cn1cc(-c2cccc(Cl)c2)cc1CN. The summed E-state index contributed by atoms with van der Waals surface area (Å²) in [5.74, 6) is 0. The molecule has 0 aliphatic heterocycles. The van der Waals surface area contributed by atoms with E-state index in [1.165, 1.54) is 0 Å². The molecule has 2 N–H and O–H groups in total. The van der Waals surface area contributed by atoms with Gasteiger partial charge in [0.25, 0.3) is 0 Å². The molecule has 15 heavy (non-hydrogen) atoms. The van der Waals surface area contributed by atoms with E-state index in [0.29, 0.717) is 6.54 Å². The van der Waals surface area contributed by atoms with Crippen LogP contribution in [0.4, 0.5) is 0 Å². The third-order valence-corrected chi connectivity index (χ3v) is 2.71. The van der Waals surface area contributed by atoms with Gasteiger partial charge in [-0.05, 0) is 29.3 Å². The maximum Gasteiger partial charge on any atom is 0.0412 e. The highest BCUT2D eigenvalue weighted by Gasteiger charge is 2.03. The third-order valence-electron chi connectivity index (χ3n) is 2.47. The Morgan fingerprint density at radius 3 is 2.67 bits per heavy atom. The van der Waals surface area contributed by atoms with E-state index < -0.39 is 0 Å². The van der Waals surface area contributed by atoms with E-state index in [0.717, 1.165) is 21.8 Å². The van der Waals surface area contributed by atoms with Crippen LogP contribution in [0.1, 0.15) is 5.69 Å². The molecule has 0 aliphatic rings. The molecule has 0 aliphatic carbocycles. The maximum absolute atomic E-state index is 5.94. The molecule has 1 aromatic carbocycles. The number of halogens is 1. The van der Waals surface area contributed by atoms with Crippen molar-refractivity contribution in [1.29, 1.82) is 0 Å². The lowest BCUT2D eigenvalue weighted by Gasteiger charge is -1.97. The van der Waals surface area contributed by atoms with Crippen LogP contribution in [-0.2, 0) is 13.6 Å². The normalized spacial score (nSPS) is 10.6. The van der Waals surface area contributed by atoms with E-state index in [1.54, 1.807) is 0 Å². The predicted octanol–water partition coefficient (Wildman–Crippen LogP) is 2.80. The highest BCUT2D eigenvalue weighted by molar-refractivity contribution is 6.30. The molecule has 2 rings (SSSR count). The molecule has 1 heterocycles. The Hall–Kier alpha value is -1.25. The van der Waals surface area contributed by atoms with Crippen molar-refractivity contribution in [2.45, 2.75) is 6.54 Å². The molecule has 0 atom stereocenters. The van der Waals surface area contributed by atoms with Gasteiger partial charge < -0.3 is 10.3 Å². The number of nitrogens with two attached hydrogens (primary N) is 1. The third kappa shape index (κ3) is 2.06. The van der Waals surface area contributed by atoms with Crippen molar-refractivity contribution in [3.05, 3.63) is 47.2 Å². The summed E-state index contributed by atoms with van der Waals surface area (Å²) in [6.07, 6.45) is 2.06. The van der Waals surface area contributed by atoms with Gasteiger partial charge in [-0.15, -0.1) is 0 Å². The number of nitrogens with zero attached hydrogens (tertiary/aromatic N) is 1. The van der Waals surface area contributed by atoms with Gasteiger partial charge in [0.2, 0.25) is 0 Å². The molecule has 0 radical (unpaired) electrons. The van der Waals surface area contributed by atoms with Crippen LogP contribution in [-0.4, -0.2) is 4.57 Å². The largest absolute Gasteiger partial charge is 0.353 e. The lowest BCUT2D eigenvalue weighted by Crippen LogP contribution is -2.01. The van der Waals surface area contributed by atoms with Gasteiger partial charge in [0.1, 0.15) is 0 Å². The summed E-state index contributed by atoms with van der Waals surface area (Å²) in [4.78, 5) is 0. The van der Waals surface area contributed by atoms with Crippen LogP contribution in [0.15, 0.2) is 36.5 Å². The average molecular weight is 221 g/mol. The number of hydrogen-bond acceptors (Lipinski definition) is 1. The molecule has 0 spiro atoms. The minimum absolute atomic E-state index is 0.553. The molecule has 0 unspecified atom stereocenters.